The summed E-state index contributed by atoms with van der Waals surface area (Å²) in [5.74, 6) is 1.49. The van der Waals surface area contributed by atoms with Crippen LogP contribution in [-0.4, -0.2) is 19.7 Å². The molecule has 1 rings (SSSR count). The first kappa shape index (κ1) is 13.8. The molecule has 0 atom stereocenters. The van der Waals surface area contributed by atoms with Crippen molar-refractivity contribution in [2.24, 2.45) is 0 Å². The number of benzene rings is 1. The highest BCUT2D eigenvalue weighted by atomic mass is 16.5. The summed E-state index contributed by atoms with van der Waals surface area (Å²) < 4.78 is 5.76. The Kier molecular flexibility index (Phi) is 6.41. The first-order valence-electron chi connectivity index (χ1n) is 6.33. The van der Waals surface area contributed by atoms with Crippen LogP contribution in [-0.2, 0) is 0 Å². The molecule has 94 valence electrons. The maximum Gasteiger partial charge on any atom is 0.123 e. The Morgan fingerprint density at radius 2 is 2.00 bits per heavy atom. The fourth-order valence-corrected chi connectivity index (χ4v) is 1.61. The van der Waals surface area contributed by atoms with Gasteiger partial charge in [-0.1, -0.05) is 51.1 Å². The van der Waals surface area contributed by atoms with E-state index in [0.29, 0.717) is 12.5 Å². The van der Waals surface area contributed by atoms with Crippen LogP contribution < -0.4 is 10.1 Å². The Bertz CT molecular complexity index is 345. The molecule has 0 unspecified atom stereocenters. The van der Waals surface area contributed by atoms with Crippen molar-refractivity contribution < 1.29 is 4.74 Å². The van der Waals surface area contributed by atoms with Crippen LogP contribution in [0.15, 0.2) is 36.4 Å². The fraction of sp³-hybridized carbons (Fsp3) is 0.467. The van der Waals surface area contributed by atoms with Crippen molar-refractivity contribution >= 4 is 0 Å². The van der Waals surface area contributed by atoms with E-state index in [0.717, 1.165) is 18.8 Å². The van der Waals surface area contributed by atoms with Crippen LogP contribution in [0, 0.1) is 0 Å². The molecule has 0 amide bonds. The van der Waals surface area contributed by atoms with Gasteiger partial charge in [0.1, 0.15) is 12.4 Å². The van der Waals surface area contributed by atoms with E-state index in [9.17, 15) is 0 Å². The van der Waals surface area contributed by atoms with Gasteiger partial charge in [0.25, 0.3) is 0 Å². The molecule has 0 spiro atoms. The second kappa shape index (κ2) is 7.91. The molecule has 0 heterocycles. The highest BCUT2D eigenvalue weighted by Gasteiger charge is 2.05. The third kappa shape index (κ3) is 5.05. The standard InChI is InChI=1S/C15H23NO/c1-4-16-11-7-8-12-17-15-10-6-5-9-14(15)13(2)3/h5-10,13,16H,4,11-12H2,1-3H3. The van der Waals surface area contributed by atoms with Crippen molar-refractivity contribution in [1.82, 2.24) is 5.32 Å². The SMILES string of the molecule is CCNCC=CCOc1ccccc1C(C)C. The number of likely N-dealkylation sites (N-methyl/N-ethyl adjacent to an activating group) is 1. The molecule has 0 bridgehead atoms. The minimum atomic E-state index is 0.497. The Balaban J connectivity index is 2.43. The van der Waals surface area contributed by atoms with Gasteiger partial charge in [-0.25, -0.2) is 0 Å². The van der Waals surface area contributed by atoms with Gasteiger partial charge < -0.3 is 10.1 Å². The van der Waals surface area contributed by atoms with E-state index in [1.807, 2.05) is 12.1 Å². The number of hydrogen-bond donors (Lipinski definition) is 1. The molecule has 1 aromatic carbocycles. The highest BCUT2D eigenvalue weighted by molar-refractivity contribution is 5.35. The van der Waals surface area contributed by atoms with Gasteiger partial charge in [0, 0.05) is 6.54 Å². The topological polar surface area (TPSA) is 21.3 Å². The molecule has 0 saturated heterocycles. The van der Waals surface area contributed by atoms with Crippen LogP contribution in [0.3, 0.4) is 0 Å². The second-order valence-corrected chi connectivity index (χ2v) is 4.28. The molecule has 1 N–H and O–H groups in total. The van der Waals surface area contributed by atoms with E-state index >= 15 is 0 Å². The van der Waals surface area contributed by atoms with Gasteiger partial charge in [-0.2, -0.15) is 0 Å². The van der Waals surface area contributed by atoms with E-state index in [1.54, 1.807) is 0 Å². The van der Waals surface area contributed by atoms with E-state index in [4.69, 9.17) is 4.74 Å². The lowest BCUT2D eigenvalue weighted by atomic mass is 10.0. The van der Waals surface area contributed by atoms with E-state index in [1.165, 1.54) is 5.56 Å². The van der Waals surface area contributed by atoms with E-state index < -0.39 is 0 Å². The summed E-state index contributed by atoms with van der Waals surface area (Å²) in [6, 6.07) is 8.24. The van der Waals surface area contributed by atoms with Crippen LogP contribution in [0.5, 0.6) is 5.75 Å². The van der Waals surface area contributed by atoms with Gasteiger partial charge in [-0.05, 0) is 24.1 Å². The second-order valence-electron chi connectivity index (χ2n) is 4.28. The number of hydrogen-bond acceptors (Lipinski definition) is 2. The van der Waals surface area contributed by atoms with E-state index in [2.05, 4.69) is 50.4 Å². The number of rotatable bonds is 7. The zero-order valence-corrected chi connectivity index (χ0v) is 11.1. The zero-order valence-electron chi connectivity index (χ0n) is 11.1. The van der Waals surface area contributed by atoms with Gasteiger partial charge in [-0.3, -0.25) is 0 Å². The van der Waals surface area contributed by atoms with Crippen LogP contribution in [0.4, 0.5) is 0 Å². The molecule has 17 heavy (non-hydrogen) atoms. The van der Waals surface area contributed by atoms with Crippen LogP contribution in [0.25, 0.3) is 0 Å². The lowest BCUT2D eigenvalue weighted by Gasteiger charge is -2.12. The summed E-state index contributed by atoms with van der Waals surface area (Å²) in [4.78, 5) is 0. The Labute approximate surface area is 105 Å². The number of para-hydroxylation sites is 1. The molecule has 2 heteroatoms. The first-order valence-corrected chi connectivity index (χ1v) is 6.33. The molecule has 0 aliphatic heterocycles. The van der Waals surface area contributed by atoms with Gasteiger partial charge in [-0.15, -0.1) is 0 Å². The molecular weight excluding hydrogens is 210 g/mol. The maximum atomic E-state index is 5.76. The molecule has 0 saturated carbocycles. The third-order valence-corrected chi connectivity index (χ3v) is 2.55. The average molecular weight is 233 g/mol. The summed E-state index contributed by atoms with van der Waals surface area (Å²) in [6.45, 7) is 9.01. The molecule has 0 radical (unpaired) electrons. The Morgan fingerprint density at radius 1 is 1.24 bits per heavy atom. The quantitative estimate of drug-likeness (QED) is 0.576. The smallest absolute Gasteiger partial charge is 0.123 e. The Hall–Kier alpha value is -1.28. The lowest BCUT2D eigenvalue weighted by Crippen LogP contribution is -2.11. The molecule has 0 aromatic heterocycles. The minimum Gasteiger partial charge on any atom is -0.489 e. The molecule has 2 nitrogen and oxygen atoms in total. The van der Waals surface area contributed by atoms with Crippen molar-refractivity contribution in [3.8, 4) is 5.75 Å². The van der Waals surface area contributed by atoms with Gasteiger partial charge in [0.05, 0.1) is 0 Å². The normalized spacial score (nSPS) is 11.3. The minimum absolute atomic E-state index is 0.497. The predicted octanol–water partition coefficient (Wildman–Crippen LogP) is 3.35. The predicted molar refractivity (Wildman–Crippen MR) is 73.7 cm³/mol. The molecular formula is C15H23NO. The summed E-state index contributed by atoms with van der Waals surface area (Å²) in [6.07, 6.45) is 4.15. The molecule has 1 aromatic rings. The third-order valence-electron chi connectivity index (χ3n) is 2.55. The highest BCUT2D eigenvalue weighted by Crippen LogP contribution is 2.25. The monoisotopic (exact) mass is 233 g/mol. The number of ether oxygens (including phenoxy) is 1. The van der Waals surface area contributed by atoms with Gasteiger partial charge >= 0.3 is 0 Å². The zero-order chi connectivity index (χ0) is 12.5. The summed E-state index contributed by atoms with van der Waals surface area (Å²) in [7, 11) is 0. The molecule has 0 aliphatic carbocycles. The molecule has 0 fully saturated rings. The van der Waals surface area contributed by atoms with Crippen LogP contribution in [0.1, 0.15) is 32.3 Å². The fourth-order valence-electron chi connectivity index (χ4n) is 1.61. The van der Waals surface area contributed by atoms with Gasteiger partial charge in [0.2, 0.25) is 0 Å². The number of nitrogens with one attached hydrogen (secondary N) is 1. The largest absolute Gasteiger partial charge is 0.489 e. The van der Waals surface area contributed by atoms with Crippen molar-refractivity contribution in [3.63, 3.8) is 0 Å². The molecule has 0 aliphatic rings. The van der Waals surface area contributed by atoms with Gasteiger partial charge in [0.15, 0.2) is 0 Å². The van der Waals surface area contributed by atoms with E-state index in [-0.39, 0.29) is 0 Å². The van der Waals surface area contributed by atoms with Crippen molar-refractivity contribution in [2.45, 2.75) is 26.7 Å². The van der Waals surface area contributed by atoms with Crippen molar-refractivity contribution in [1.29, 1.82) is 0 Å². The lowest BCUT2D eigenvalue weighted by molar-refractivity contribution is 0.357. The summed E-state index contributed by atoms with van der Waals surface area (Å²) in [5.41, 5.74) is 1.27. The summed E-state index contributed by atoms with van der Waals surface area (Å²) >= 11 is 0. The maximum absolute atomic E-state index is 5.76. The summed E-state index contributed by atoms with van der Waals surface area (Å²) in [5, 5.41) is 3.23. The Morgan fingerprint density at radius 3 is 2.71 bits per heavy atom. The van der Waals surface area contributed by atoms with Crippen LogP contribution in [0.2, 0.25) is 0 Å². The van der Waals surface area contributed by atoms with Crippen LogP contribution >= 0.6 is 0 Å². The average Bonchev–Trinajstić information content (AvgIpc) is 2.34. The van der Waals surface area contributed by atoms with Crippen molar-refractivity contribution in [3.05, 3.63) is 42.0 Å². The van der Waals surface area contributed by atoms with Crippen molar-refractivity contribution in [2.75, 3.05) is 19.7 Å². The first-order chi connectivity index (χ1) is 8.25.